The maximum absolute atomic E-state index is 12.0. The largest absolute Gasteiger partial charge is 0.481 e. The Kier molecular flexibility index (Phi) is 4.19. The predicted molar refractivity (Wildman–Crippen MR) is 60.9 cm³/mol. The molecule has 0 amide bonds. The van der Waals surface area contributed by atoms with E-state index in [0.29, 0.717) is 0 Å². The van der Waals surface area contributed by atoms with Gasteiger partial charge in [-0.3, -0.25) is 9.78 Å². The first kappa shape index (κ1) is 13.6. The summed E-state index contributed by atoms with van der Waals surface area (Å²) in [6.45, 7) is 1.38. The van der Waals surface area contributed by atoms with Gasteiger partial charge < -0.3 is 5.11 Å². The van der Waals surface area contributed by atoms with Crippen molar-refractivity contribution in [2.75, 3.05) is 13.6 Å². The Morgan fingerprint density at radius 3 is 2.71 bits per heavy atom. The van der Waals surface area contributed by atoms with Crippen molar-refractivity contribution in [3.8, 4) is 0 Å². The van der Waals surface area contributed by atoms with Crippen molar-refractivity contribution >= 4 is 16.0 Å². The third kappa shape index (κ3) is 3.24. The average Bonchev–Trinajstić information content (AvgIpc) is 2.29. The highest BCUT2D eigenvalue weighted by atomic mass is 32.2. The number of hydrogen-bond donors (Lipinski definition) is 1. The molecule has 0 saturated heterocycles. The second-order valence-corrected chi connectivity index (χ2v) is 5.76. The highest BCUT2D eigenvalue weighted by Crippen LogP contribution is 2.13. The van der Waals surface area contributed by atoms with Crippen LogP contribution in [0.3, 0.4) is 0 Å². The van der Waals surface area contributed by atoms with Crippen LogP contribution in [0.4, 0.5) is 0 Å². The average molecular weight is 258 g/mol. The molecule has 1 aromatic heterocycles. The summed E-state index contributed by atoms with van der Waals surface area (Å²) >= 11 is 0. The van der Waals surface area contributed by atoms with E-state index < -0.39 is 21.9 Å². The standard InChI is InChI=1S/C10H14N2O4S/c1-8(10(13)14)7-12(2)17(15,16)9-4-3-5-11-6-9/h3-6,8H,7H2,1-2H3,(H,13,14). The molecule has 1 aromatic rings. The summed E-state index contributed by atoms with van der Waals surface area (Å²) in [5, 5.41) is 8.73. The summed E-state index contributed by atoms with van der Waals surface area (Å²) in [4.78, 5) is 14.4. The third-order valence-corrected chi connectivity index (χ3v) is 4.10. The topological polar surface area (TPSA) is 87.6 Å². The van der Waals surface area contributed by atoms with Gasteiger partial charge in [0.05, 0.1) is 5.92 Å². The van der Waals surface area contributed by atoms with Crippen molar-refractivity contribution in [1.29, 1.82) is 0 Å². The van der Waals surface area contributed by atoms with E-state index in [0.717, 1.165) is 4.31 Å². The van der Waals surface area contributed by atoms with Crippen molar-refractivity contribution in [2.45, 2.75) is 11.8 Å². The Morgan fingerprint density at radius 2 is 2.24 bits per heavy atom. The van der Waals surface area contributed by atoms with Gasteiger partial charge in [0.25, 0.3) is 0 Å². The van der Waals surface area contributed by atoms with E-state index in [-0.39, 0.29) is 11.4 Å². The molecule has 1 unspecified atom stereocenters. The fourth-order valence-electron chi connectivity index (χ4n) is 1.24. The lowest BCUT2D eigenvalue weighted by Gasteiger charge is -2.18. The van der Waals surface area contributed by atoms with Crippen LogP contribution in [0.2, 0.25) is 0 Å². The van der Waals surface area contributed by atoms with Crippen molar-refractivity contribution < 1.29 is 18.3 Å². The minimum atomic E-state index is -3.66. The zero-order valence-electron chi connectivity index (χ0n) is 9.57. The Labute approximate surface area is 100.0 Å². The maximum Gasteiger partial charge on any atom is 0.307 e. The molecule has 17 heavy (non-hydrogen) atoms. The summed E-state index contributed by atoms with van der Waals surface area (Å²) in [5.41, 5.74) is 0. The van der Waals surface area contributed by atoms with Crippen LogP contribution < -0.4 is 0 Å². The van der Waals surface area contributed by atoms with Crippen LogP contribution in [0.1, 0.15) is 6.92 Å². The molecular formula is C10H14N2O4S. The molecule has 1 rings (SSSR count). The van der Waals surface area contributed by atoms with Gasteiger partial charge in [0.2, 0.25) is 10.0 Å². The van der Waals surface area contributed by atoms with Crippen LogP contribution >= 0.6 is 0 Å². The number of carbonyl (C=O) groups is 1. The predicted octanol–water partition coefficient (Wildman–Crippen LogP) is 0.423. The molecule has 1 atom stereocenters. The first-order valence-corrected chi connectivity index (χ1v) is 6.39. The van der Waals surface area contributed by atoms with Crippen LogP contribution in [0.25, 0.3) is 0 Å². The van der Waals surface area contributed by atoms with Gasteiger partial charge in [-0.25, -0.2) is 12.7 Å². The fourth-order valence-corrected chi connectivity index (χ4v) is 2.47. The lowest BCUT2D eigenvalue weighted by molar-refractivity contribution is -0.141. The molecule has 0 bridgehead atoms. The molecule has 0 aromatic carbocycles. The van der Waals surface area contributed by atoms with Crippen molar-refractivity contribution in [3.63, 3.8) is 0 Å². The van der Waals surface area contributed by atoms with E-state index in [1.54, 1.807) is 0 Å². The van der Waals surface area contributed by atoms with Crippen LogP contribution in [-0.4, -0.2) is 42.4 Å². The molecule has 0 radical (unpaired) electrons. The SMILES string of the molecule is CC(CN(C)S(=O)(=O)c1cccnc1)C(=O)O. The summed E-state index contributed by atoms with van der Waals surface area (Å²) in [6.07, 6.45) is 2.70. The Hall–Kier alpha value is -1.47. The van der Waals surface area contributed by atoms with Gasteiger partial charge in [-0.2, -0.15) is 0 Å². The molecule has 0 fully saturated rings. The van der Waals surface area contributed by atoms with E-state index in [9.17, 15) is 13.2 Å². The Morgan fingerprint density at radius 1 is 1.59 bits per heavy atom. The number of nitrogens with zero attached hydrogens (tertiary/aromatic N) is 2. The van der Waals surface area contributed by atoms with E-state index >= 15 is 0 Å². The van der Waals surface area contributed by atoms with Gasteiger partial charge >= 0.3 is 5.97 Å². The molecule has 1 heterocycles. The van der Waals surface area contributed by atoms with E-state index in [1.165, 1.54) is 38.5 Å². The summed E-state index contributed by atoms with van der Waals surface area (Å²) < 4.78 is 25.0. The zero-order valence-corrected chi connectivity index (χ0v) is 10.4. The van der Waals surface area contributed by atoms with E-state index in [2.05, 4.69) is 4.98 Å². The fraction of sp³-hybridized carbons (Fsp3) is 0.400. The highest BCUT2D eigenvalue weighted by Gasteiger charge is 2.24. The number of sulfonamides is 1. The van der Waals surface area contributed by atoms with Crippen molar-refractivity contribution in [1.82, 2.24) is 9.29 Å². The van der Waals surface area contributed by atoms with Gasteiger partial charge in [-0.1, -0.05) is 6.92 Å². The number of aliphatic carboxylic acids is 1. The zero-order chi connectivity index (χ0) is 13.1. The minimum absolute atomic E-state index is 0.0556. The molecule has 0 aliphatic carbocycles. The molecule has 1 N–H and O–H groups in total. The second-order valence-electron chi connectivity index (χ2n) is 3.71. The quantitative estimate of drug-likeness (QED) is 0.827. The number of carboxylic acid groups (broad SMARTS) is 1. The highest BCUT2D eigenvalue weighted by molar-refractivity contribution is 7.89. The van der Waals surface area contributed by atoms with Crippen molar-refractivity contribution in [2.24, 2.45) is 5.92 Å². The summed E-state index contributed by atoms with van der Waals surface area (Å²) in [7, 11) is -2.31. The van der Waals surface area contributed by atoms with Gasteiger partial charge in [-0.15, -0.1) is 0 Å². The first-order chi connectivity index (χ1) is 7.85. The lowest BCUT2D eigenvalue weighted by Crippen LogP contribution is -2.33. The van der Waals surface area contributed by atoms with Gasteiger partial charge in [0, 0.05) is 26.0 Å². The molecule has 94 valence electrons. The van der Waals surface area contributed by atoms with Gasteiger partial charge in [0.1, 0.15) is 4.90 Å². The lowest BCUT2D eigenvalue weighted by atomic mass is 10.2. The number of pyridine rings is 1. The molecular weight excluding hydrogens is 244 g/mol. The van der Waals surface area contributed by atoms with E-state index in [1.807, 2.05) is 0 Å². The minimum Gasteiger partial charge on any atom is -0.481 e. The number of aromatic nitrogens is 1. The molecule has 0 aliphatic rings. The van der Waals surface area contributed by atoms with Crippen LogP contribution in [0.15, 0.2) is 29.4 Å². The number of carboxylic acids is 1. The molecule has 0 saturated carbocycles. The normalized spacial score (nSPS) is 13.6. The Balaban J connectivity index is 2.89. The number of hydrogen-bond acceptors (Lipinski definition) is 4. The Bertz CT molecular complexity index is 486. The molecule has 6 nitrogen and oxygen atoms in total. The van der Waals surface area contributed by atoms with Crippen LogP contribution in [-0.2, 0) is 14.8 Å². The first-order valence-electron chi connectivity index (χ1n) is 4.95. The summed E-state index contributed by atoms with van der Waals surface area (Å²) in [6, 6.07) is 2.94. The molecule has 0 aliphatic heterocycles. The van der Waals surface area contributed by atoms with Crippen LogP contribution in [0, 0.1) is 5.92 Å². The number of rotatable bonds is 5. The maximum atomic E-state index is 12.0. The summed E-state index contributed by atoms with van der Waals surface area (Å²) in [5.74, 6) is -1.79. The van der Waals surface area contributed by atoms with Crippen LogP contribution in [0.5, 0.6) is 0 Å². The second kappa shape index (κ2) is 5.24. The monoisotopic (exact) mass is 258 g/mol. The molecule has 0 spiro atoms. The smallest absolute Gasteiger partial charge is 0.307 e. The van der Waals surface area contributed by atoms with Gasteiger partial charge in [-0.05, 0) is 12.1 Å². The molecule has 7 heteroatoms. The van der Waals surface area contributed by atoms with E-state index in [4.69, 9.17) is 5.11 Å². The van der Waals surface area contributed by atoms with Gasteiger partial charge in [0.15, 0.2) is 0 Å². The van der Waals surface area contributed by atoms with Crippen molar-refractivity contribution in [3.05, 3.63) is 24.5 Å². The third-order valence-electron chi connectivity index (χ3n) is 2.30.